The molecule has 0 saturated heterocycles. The predicted octanol–water partition coefficient (Wildman–Crippen LogP) is 3.09. The molecule has 1 aromatic rings. The van der Waals surface area contributed by atoms with Crippen molar-refractivity contribution >= 4 is 17.4 Å². The van der Waals surface area contributed by atoms with Crippen LogP contribution in [0.2, 0.25) is 5.02 Å². The van der Waals surface area contributed by atoms with Gasteiger partial charge in [-0.25, -0.2) is 9.37 Å². The van der Waals surface area contributed by atoms with E-state index in [1.54, 1.807) is 0 Å². The molecule has 1 fully saturated rings. The number of anilines is 1. The smallest absolute Gasteiger partial charge is 0.147 e. The van der Waals surface area contributed by atoms with E-state index in [4.69, 9.17) is 18.0 Å². The van der Waals surface area contributed by atoms with Crippen molar-refractivity contribution in [2.24, 2.45) is 5.92 Å². The molecule has 0 radical (unpaired) electrons. The molecule has 4 heteroatoms. The number of hydrogen-bond donors (Lipinski definition) is 1. The Morgan fingerprint density at radius 1 is 1.56 bits per heavy atom. The summed E-state index contributed by atoms with van der Waals surface area (Å²) in [5.41, 5.74) is 0. The van der Waals surface area contributed by atoms with E-state index in [2.05, 4.69) is 16.2 Å². The van der Waals surface area contributed by atoms with Crippen molar-refractivity contribution in [1.82, 2.24) is 4.98 Å². The van der Waals surface area contributed by atoms with Crippen LogP contribution in [0.5, 0.6) is 0 Å². The van der Waals surface area contributed by atoms with Gasteiger partial charge in [0.15, 0.2) is 0 Å². The number of pyridine rings is 1. The van der Waals surface area contributed by atoms with E-state index in [9.17, 15) is 4.39 Å². The van der Waals surface area contributed by atoms with E-state index in [1.807, 2.05) is 0 Å². The minimum atomic E-state index is -0.453. The topological polar surface area (TPSA) is 24.9 Å². The second-order valence-electron chi connectivity index (χ2n) is 3.97. The van der Waals surface area contributed by atoms with Gasteiger partial charge in [-0.2, -0.15) is 0 Å². The fourth-order valence-electron chi connectivity index (χ4n) is 1.98. The van der Waals surface area contributed by atoms with Crippen LogP contribution in [0.25, 0.3) is 0 Å². The first kappa shape index (κ1) is 11.2. The second kappa shape index (κ2) is 4.71. The predicted molar refractivity (Wildman–Crippen MR) is 62.8 cm³/mol. The van der Waals surface area contributed by atoms with Crippen LogP contribution in [0.4, 0.5) is 10.2 Å². The highest BCUT2D eigenvalue weighted by atomic mass is 35.5. The van der Waals surface area contributed by atoms with Gasteiger partial charge in [-0.1, -0.05) is 11.6 Å². The Balaban J connectivity index is 2.05. The standard InChI is InChI=1S/C12H12ClFN2/c1-2-8-3-4-9(7-8)16-12-11(13)10(14)5-6-15-12/h1,5-6,8-9H,3-4,7H2,(H,15,16)/t8-,9+/m0/s1. The first-order valence-electron chi connectivity index (χ1n) is 5.23. The lowest BCUT2D eigenvalue weighted by atomic mass is 10.1. The second-order valence-corrected chi connectivity index (χ2v) is 4.35. The number of nitrogens with one attached hydrogen (secondary N) is 1. The lowest BCUT2D eigenvalue weighted by Gasteiger charge is -2.13. The lowest BCUT2D eigenvalue weighted by molar-refractivity contribution is 0.625. The normalized spacial score (nSPS) is 24.1. The van der Waals surface area contributed by atoms with Gasteiger partial charge in [0.25, 0.3) is 0 Å². The molecule has 84 valence electrons. The largest absolute Gasteiger partial charge is 0.366 e. The van der Waals surface area contributed by atoms with Gasteiger partial charge in [-0.05, 0) is 25.3 Å². The minimum absolute atomic E-state index is 0.0478. The highest BCUT2D eigenvalue weighted by Crippen LogP contribution is 2.29. The summed E-state index contributed by atoms with van der Waals surface area (Å²) in [6, 6.07) is 1.49. The van der Waals surface area contributed by atoms with Gasteiger partial charge >= 0.3 is 0 Å². The molecule has 1 aliphatic carbocycles. The fraction of sp³-hybridized carbons (Fsp3) is 0.417. The van der Waals surface area contributed by atoms with Crippen LogP contribution in [-0.2, 0) is 0 Å². The summed E-state index contributed by atoms with van der Waals surface area (Å²) >= 11 is 5.80. The zero-order valence-electron chi connectivity index (χ0n) is 8.71. The van der Waals surface area contributed by atoms with Crippen molar-refractivity contribution in [3.05, 3.63) is 23.1 Å². The molecule has 16 heavy (non-hydrogen) atoms. The summed E-state index contributed by atoms with van der Waals surface area (Å²) < 4.78 is 13.2. The number of halogens is 2. The molecule has 0 bridgehead atoms. The number of aromatic nitrogens is 1. The summed E-state index contributed by atoms with van der Waals surface area (Å²) in [6.07, 6.45) is 9.63. The zero-order valence-corrected chi connectivity index (χ0v) is 9.47. The number of hydrogen-bond acceptors (Lipinski definition) is 2. The fourth-order valence-corrected chi connectivity index (χ4v) is 2.14. The molecule has 2 atom stereocenters. The number of rotatable bonds is 2. The SMILES string of the molecule is C#C[C@H]1CC[C@@H](Nc2nccc(F)c2Cl)C1. The minimum Gasteiger partial charge on any atom is -0.366 e. The van der Waals surface area contributed by atoms with Gasteiger partial charge in [0.2, 0.25) is 0 Å². The molecule has 0 unspecified atom stereocenters. The molecule has 1 N–H and O–H groups in total. The zero-order chi connectivity index (χ0) is 11.5. The molecule has 2 rings (SSSR count). The molecule has 1 heterocycles. The maximum Gasteiger partial charge on any atom is 0.147 e. The molecule has 0 aliphatic heterocycles. The van der Waals surface area contributed by atoms with Gasteiger partial charge < -0.3 is 5.32 Å². The average Bonchev–Trinajstić information content (AvgIpc) is 2.73. The Hall–Kier alpha value is -1.27. The summed E-state index contributed by atoms with van der Waals surface area (Å²) in [5.74, 6) is 3.00. The lowest BCUT2D eigenvalue weighted by Crippen LogP contribution is -2.16. The molecule has 0 amide bonds. The van der Waals surface area contributed by atoms with Crippen molar-refractivity contribution in [2.45, 2.75) is 25.3 Å². The van der Waals surface area contributed by atoms with E-state index < -0.39 is 5.82 Å². The molecule has 1 aliphatic rings. The third-order valence-corrected chi connectivity index (χ3v) is 3.21. The quantitative estimate of drug-likeness (QED) is 0.801. The third-order valence-electron chi connectivity index (χ3n) is 2.85. The van der Waals surface area contributed by atoms with Gasteiger partial charge in [0.05, 0.1) is 0 Å². The molecular weight excluding hydrogens is 227 g/mol. The maximum absolute atomic E-state index is 13.2. The highest BCUT2D eigenvalue weighted by Gasteiger charge is 2.24. The number of terminal acetylenes is 1. The van der Waals surface area contributed by atoms with Crippen molar-refractivity contribution < 1.29 is 4.39 Å². The van der Waals surface area contributed by atoms with E-state index in [0.29, 0.717) is 11.7 Å². The Morgan fingerprint density at radius 2 is 2.38 bits per heavy atom. The summed E-state index contributed by atoms with van der Waals surface area (Å²) in [7, 11) is 0. The van der Waals surface area contributed by atoms with E-state index >= 15 is 0 Å². The van der Waals surface area contributed by atoms with Crippen molar-refractivity contribution in [3.8, 4) is 12.3 Å². The van der Waals surface area contributed by atoms with E-state index in [0.717, 1.165) is 19.3 Å². The third kappa shape index (κ3) is 2.28. The summed E-state index contributed by atoms with van der Waals surface area (Å²) in [5, 5.41) is 3.18. The molecule has 0 aromatic carbocycles. The van der Waals surface area contributed by atoms with Crippen LogP contribution in [0, 0.1) is 24.1 Å². The van der Waals surface area contributed by atoms with Crippen LogP contribution in [0.15, 0.2) is 12.3 Å². The molecular formula is C12H12ClFN2. The van der Waals surface area contributed by atoms with Crippen LogP contribution >= 0.6 is 11.6 Å². The van der Waals surface area contributed by atoms with Crippen LogP contribution in [-0.4, -0.2) is 11.0 Å². The van der Waals surface area contributed by atoms with Crippen molar-refractivity contribution in [2.75, 3.05) is 5.32 Å². The van der Waals surface area contributed by atoms with Gasteiger partial charge in [-0.15, -0.1) is 12.3 Å². The summed E-state index contributed by atoms with van der Waals surface area (Å²) in [4.78, 5) is 4.02. The van der Waals surface area contributed by atoms with Gasteiger partial charge in [0.1, 0.15) is 16.7 Å². The van der Waals surface area contributed by atoms with Crippen LogP contribution < -0.4 is 5.32 Å². The number of nitrogens with zero attached hydrogens (tertiary/aromatic N) is 1. The monoisotopic (exact) mass is 238 g/mol. The maximum atomic E-state index is 13.2. The molecule has 2 nitrogen and oxygen atoms in total. The van der Waals surface area contributed by atoms with Crippen molar-refractivity contribution in [3.63, 3.8) is 0 Å². The first-order valence-corrected chi connectivity index (χ1v) is 5.61. The van der Waals surface area contributed by atoms with E-state index in [-0.39, 0.29) is 11.1 Å². The van der Waals surface area contributed by atoms with Crippen LogP contribution in [0.3, 0.4) is 0 Å². The van der Waals surface area contributed by atoms with Gasteiger partial charge in [0, 0.05) is 18.2 Å². The Morgan fingerprint density at radius 3 is 3.06 bits per heavy atom. The van der Waals surface area contributed by atoms with Crippen molar-refractivity contribution in [1.29, 1.82) is 0 Å². The first-order chi connectivity index (χ1) is 7.70. The molecule has 0 spiro atoms. The Bertz CT molecular complexity index is 428. The van der Waals surface area contributed by atoms with E-state index in [1.165, 1.54) is 12.3 Å². The highest BCUT2D eigenvalue weighted by molar-refractivity contribution is 6.33. The average molecular weight is 239 g/mol. The molecule has 1 saturated carbocycles. The summed E-state index contributed by atoms with van der Waals surface area (Å²) in [6.45, 7) is 0. The Labute approximate surface area is 99.2 Å². The molecule has 1 aromatic heterocycles. The van der Waals surface area contributed by atoms with Crippen LogP contribution in [0.1, 0.15) is 19.3 Å². The van der Waals surface area contributed by atoms with Gasteiger partial charge in [-0.3, -0.25) is 0 Å². The Kier molecular flexibility index (Phi) is 3.31.